The van der Waals surface area contributed by atoms with Crippen LogP contribution in [0.2, 0.25) is 0 Å². The van der Waals surface area contributed by atoms with Crippen LogP contribution in [0.4, 0.5) is 8.96 Å². The molecule has 0 bridgehead atoms. The van der Waals surface area contributed by atoms with E-state index in [4.69, 9.17) is 0 Å². The van der Waals surface area contributed by atoms with Crippen molar-refractivity contribution in [3.8, 4) is 0 Å². The molecule has 1 heterocycles. The third-order valence-electron chi connectivity index (χ3n) is 1.40. The molecular weight excluding hydrogens is 168 g/mol. The fourth-order valence-corrected chi connectivity index (χ4v) is 0.901. The smallest absolute Gasteiger partial charge is 0.275 e. The lowest BCUT2D eigenvalue weighted by Gasteiger charge is -1.96. The minimum Gasteiger partial charge on any atom is -0.275 e. The third-order valence-corrected chi connectivity index (χ3v) is 1.40. The number of carbonyl (C=O) groups is 1. The summed E-state index contributed by atoms with van der Waals surface area (Å²) >= 11 is 0. The van der Waals surface area contributed by atoms with Gasteiger partial charge in [0.1, 0.15) is 0 Å². The molecule has 0 unspecified atom stereocenters. The summed E-state index contributed by atoms with van der Waals surface area (Å²) in [5.74, 6) is -1.33. The first-order valence-electron chi connectivity index (χ1n) is 3.18. The summed E-state index contributed by atoms with van der Waals surface area (Å²) in [5, 5.41) is 2.30. The van der Waals surface area contributed by atoms with E-state index in [1.807, 2.05) is 0 Å². The molecule has 0 atom stereocenters. The van der Waals surface area contributed by atoms with Crippen LogP contribution >= 0.6 is 0 Å². The van der Waals surface area contributed by atoms with Crippen LogP contribution in [-0.2, 0) is 7.05 Å². The molecular formula is C6H7F2N3O. The van der Waals surface area contributed by atoms with Gasteiger partial charge in [-0.05, 0) is 6.92 Å². The van der Waals surface area contributed by atoms with Crippen molar-refractivity contribution >= 4 is 5.91 Å². The Hall–Kier alpha value is -1.46. The van der Waals surface area contributed by atoms with E-state index in [2.05, 4.69) is 5.10 Å². The molecule has 0 radical (unpaired) electrons. The summed E-state index contributed by atoms with van der Waals surface area (Å²) in [6.07, 6.45) is 1.25. The Morgan fingerprint density at radius 3 is 2.58 bits per heavy atom. The van der Waals surface area contributed by atoms with Crippen molar-refractivity contribution in [1.29, 1.82) is 0 Å². The van der Waals surface area contributed by atoms with Crippen molar-refractivity contribution in [2.75, 3.05) is 0 Å². The van der Waals surface area contributed by atoms with Crippen molar-refractivity contribution in [3.63, 3.8) is 0 Å². The maximum atomic E-state index is 11.8. The van der Waals surface area contributed by atoms with Crippen LogP contribution in [0.15, 0.2) is 6.20 Å². The molecule has 0 spiro atoms. The SMILES string of the molecule is Cc1nn(C)cc1C(=O)N(F)F. The largest absolute Gasteiger partial charge is 0.317 e. The molecule has 1 aromatic heterocycles. The normalized spacial score (nSPS) is 10.0. The highest BCUT2D eigenvalue weighted by atomic mass is 19.4. The van der Waals surface area contributed by atoms with E-state index in [1.54, 1.807) is 7.05 Å². The lowest BCUT2D eigenvalue weighted by atomic mass is 10.2. The first-order valence-corrected chi connectivity index (χ1v) is 3.18. The molecule has 1 aromatic rings. The predicted octanol–water partition coefficient (Wildman–Crippen LogP) is 0.940. The van der Waals surface area contributed by atoms with Crippen LogP contribution in [0.1, 0.15) is 16.1 Å². The quantitative estimate of drug-likeness (QED) is 0.596. The number of aromatic nitrogens is 2. The Morgan fingerprint density at radius 2 is 2.25 bits per heavy atom. The molecule has 0 saturated carbocycles. The van der Waals surface area contributed by atoms with Gasteiger partial charge in [0.05, 0.1) is 11.3 Å². The van der Waals surface area contributed by atoms with Gasteiger partial charge in [-0.25, -0.2) is 0 Å². The van der Waals surface area contributed by atoms with Gasteiger partial charge in [0.15, 0.2) is 0 Å². The van der Waals surface area contributed by atoms with Gasteiger partial charge in [0.25, 0.3) is 0 Å². The number of carbonyl (C=O) groups excluding carboxylic acids is 1. The van der Waals surface area contributed by atoms with Gasteiger partial charge >= 0.3 is 5.91 Å². The Kier molecular flexibility index (Phi) is 2.07. The summed E-state index contributed by atoms with van der Waals surface area (Å²) in [4.78, 5) is 10.7. The third kappa shape index (κ3) is 1.41. The summed E-state index contributed by atoms with van der Waals surface area (Å²) < 4.78 is 24.8. The molecule has 0 aliphatic heterocycles. The zero-order chi connectivity index (χ0) is 9.30. The van der Waals surface area contributed by atoms with Crippen molar-refractivity contribution in [3.05, 3.63) is 17.5 Å². The number of hydrogen-bond donors (Lipinski definition) is 0. The number of aryl methyl sites for hydroxylation is 2. The average Bonchev–Trinajstić information content (AvgIpc) is 2.28. The molecule has 6 heteroatoms. The fourth-order valence-electron chi connectivity index (χ4n) is 0.901. The minimum atomic E-state index is -1.45. The first-order chi connectivity index (χ1) is 5.52. The molecule has 0 saturated heterocycles. The summed E-state index contributed by atoms with van der Waals surface area (Å²) in [6.45, 7) is 1.50. The maximum absolute atomic E-state index is 11.8. The van der Waals surface area contributed by atoms with Crippen molar-refractivity contribution in [2.24, 2.45) is 7.05 Å². The van der Waals surface area contributed by atoms with Gasteiger partial charge in [-0.1, -0.05) is 8.96 Å². The molecule has 66 valence electrons. The van der Waals surface area contributed by atoms with Gasteiger partial charge in [-0.15, -0.1) is 0 Å². The number of halogens is 2. The summed E-state index contributed by atoms with van der Waals surface area (Å²) in [5.41, 5.74) is 0.213. The monoisotopic (exact) mass is 175 g/mol. The van der Waals surface area contributed by atoms with Crippen molar-refractivity contribution in [1.82, 2.24) is 15.1 Å². The van der Waals surface area contributed by atoms with Gasteiger partial charge in [-0.2, -0.15) is 5.10 Å². The highest BCUT2D eigenvalue weighted by Crippen LogP contribution is 2.09. The molecule has 12 heavy (non-hydrogen) atoms. The topological polar surface area (TPSA) is 38.1 Å². The number of nitrogens with zero attached hydrogens (tertiary/aromatic N) is 3. The van der Waals surface area contributed by atoms with Crippen LogP contribution < -0.4 is 0 Å². The second kappa shape index (κ2) is 2.88. The highest BCUT2D eigenvalue weighted by Gasteiger charge is 2.19. The molecule has 0 N–H and O–H groups in total. The van der Waals surface area contributed by atoms with E-state index >= 15 is 0 Å². The van der Waals surface area contributed by atoms with Crippen LogP contribution in [0.3, 0.4) is 0 Å². The zero-order valence-corrected chi connectivity index (χ0v) is 6.58. The van der Waals surface area contributed by atoms with Gasteiger partial charge in [0, 0.05) is 18.6 Å². The van der Waals surface area contributed by atoms with E-state index in [0.29, 0.717) is 5.69 Å². The number of amides is 1. The second-order valence-electron chi connectivity index (χ2n) is 2.34. The maximum Gasteiger partial charge on any atom is 0.317 e. The minimum absolute atomic E-state index is 0.0810. The summed E-state index contributed by atoms with van der Waals surface area (Å²) in [7, 11) is 1.56. The van der Waals surface area contributed by atoms with Gasteiger partial charge in [-0.3, -0.25) is 9.48 Å². The van der Waals surface area contributed by atoms with Gasteiger partial charge in [0.2, 0.25) is 0 Å². The first kappa shape index (κ1) is 8.63. The molecule has 1 rings (SSSR count). The molecule has 0 aromatic carbocycles. The van der Waals surface area contributed by atoms with E-state index in [-0.39, 0.29) is 5.56 Å². The Balaban J connectivity index is 3.02. The number of rotatable bonds is 1. The number of hydrogen-bond acceptors (Lipinski definition) is 2. The van der Waals surface area contributed by atoms with Crippen LogP contribution in [0.5, 0.6) is 0 Å². The Labute approximate surface area is 67.3 Å². The predicted molar refractivity (Wildman–Crippen MR) is 36.3 cm³/mol. The van der Waals surface area contributed by atoms with E-state index < -0.39 is 11.3 Å². The van der Waals surface area contributed by atoms with Crippen molar-refractivity contribution in [2.45, 2.75) is 6.92 Å². The lowest BCUT2D eigenvalue weighted by molar-refractivity contribution is -0.108. The Bertz CT molecular complexity index is 308. The van der Waals surface area contributed by atoms with Crippen LogP contribution in [0.25, 0.3) is 0 Å². The molecule has 0 aliphatic rings. The van der Waals surface area contributed by atoms with Crippen LogP contribution in [-0.4, -0.2) is 21.0 Å². The van der Waals surface area contributed by atoms with E-state index in [0.717, 1.165) is 0 Å². The second-order valence-corrected chi connectivity index (χ2v) is 2.34. The molecule has 4 nitrogen and oxygen atoms in total. The van der Waals surface area contributed by atoms with Gasteiger partial charge < -0.3 is 0 Å². The standard InChI is InChI=1S/C6H7F2N3O/c1-4-5(3-10(2)9-4)6(12)11(7)8/h3H,1-2H3. The fraction of sp³-hybridized carbons (Fsp3) is 0.333. The van der Waals surface area contributed by atoms with Crippen LogP contribution in [0, 0.1) is 6.92 Å². The summed E-state index contributed by atoms with van der Waals surface area (Å²) in [6, 6.07) is 0. The zero-order valence-electron chi connectivity index (χ0n) is 6.58. The average molecular weight is 175 g/mol. The molecule has 0 aliphatic carbocycles. The molecule has 0 fully saturated rings. The van der Waals surface area contributed by atoms with Crippen molar-refractivity contribution < 1.29 is 13.8 Å². The highest BCUT2D eigenvalue weighted by molar-refractivity contribution is 5.93. The van der Waals surface area contributed by atoms with E-state index in [9.17, 15) is 13.8 Å². The van der Waals surface area contributed by atoms with E-state index in [1.165, 1.54) is 17.8 Å². The lowest BCUT2D eigenvalue weighted by Crippen LogP contribution is -2.13. The molecule has 1 amide bonds. The Morgan fingerprint density at radius 1 is 1.67 bits per heavy atom.